The second-order valence-electron chi connectivity index (χ2n) is 6.58. The van der Waals surface area contributed by atoms with Crippen molar-refractivity contribution in [3.05, 3.63) is 29.8 Å². The number of hydrogen-bond donors (Lipinski definition) is 1. The number of nitrogens with zero attached hydrogens (tertiary/aromatic N) is 1. The summed E-state index contributed by atoms with van der Waals surface area (Å²) in [5, 5.41) is 8.83. The van der Waals surface area contributed by atoms with E-state index in [1.165, 1.54) is 0 Å². The van der Waals surface area contributed by atoms with Crippen molar-refractivity contribution >= 4 is 10.0 Å². The van der Waals surface area contributed by atoms with Gasteiger partial charge in [-0.05, 0) is 48.8 Å². The van der Waals surface area contributed by atoms with Crippen molar-refractivity contribution < 1.29 is 13.5 Å². The van der Waals surface area contributed by atoms with Crippen molar-refractivity contribution in [2.24, 2.45) is 5.41 Å². The maximum Gasteiger partial charge on any atom is 0.243 e. The average Bonchev–Trinajstić information content (AvgIpc) is 2.44. The molecule has 1 aromatic rings. The lowest BCUT2D eigenvalue weighted by atomic mass is 9.85. The van der Waals surface area contributed by atoms with Gasteiger partial charge >= 0.3 is 0 Å². The fraction of sp³-hybridized carbons (Fsp3) is 0.625. The normalized spacial score (nSPS) is 19.6. The van der Waals surface area contributed by atoms with Gasteiger partial charge in [0.1, 0.15) is 0 Å². The van der Waals surface area contributed by atoms with Crippen LogP contribution in [-0.4, -0.2) is 37.5 Å². The summed E-state index contributed by atoms with van der Waals surface area (Å²) in [6.45, 7) is 5.59. The van der Waals surface area contributed by atoms with Crippen LogP contribution >= 0.6 is 0 Å². The van der Waals surface area contributed by atoms with E-state index >= 15 is 0 Å². The van der Waals surface area contributed by atoms with Crippen LogP contribution in [0.25, 0.3) is 0 Å². The highest BCUT2D eigenvalue weighted by atomic mass is 32.2. The summed E-state index contributed by atoms with van der Waals surface area (Å²) >= 11 is 0. The van der Waals surface area contributed by atoms with Crippen molar-refractivity contribution in [3.63, 3.8) is 0 Å². The minimum absolute atomic E-state index is 0.0480. The molecule has 21 heavy (non-hydrogen) atoms. The molecule has 1 fully saturated rings. The lowest BCUT2D eigenvalue weighted by Crippen LogP contribution is -2.43. The molecule has 1 aromatic carbocycles. The molecule has 4 nitrogen and oxygen atoms in total. The Morgan fingerprint density at radius 2 is 1.90 bits per heavy atom. The Morgan fingerprint density at radius 1 is 1.24 bits per heavy atom. The second-order valence-corrected chi connectivity index (χ2v) is 8.52. The number of aryl methyl sites for hydroxylation is 1. The van der Waals surface area contributed by atoms with E-state index in [9.17, 15) is 8.42 Å². The summed E-state index contributed by atoms with van der Waals surface area (Å²) in [4.78, 5) is 0.368. The van der Waals surface area contributed by atoms with Crippen LogP contribution in [0.3, 0.4) is 0 Å². The molecule has 2 rings (SSSR count). The van der Waals surface area contributed by atoms with E-state index in [1.54, 1.807) is 16.4 Å². The van der Waals surface area contributed by atoms with Crippen LogP contribution in [0.5, 0.6) is 0 Å². The molecular weight excluding hydrogens is 286 g/mol. The van der Waals surface area contributed by atoms with Crippen LogP contribution in [0.15, 0.2) is 29.2 Å². The van der Waals surface area contributed by atoms with Crippen molar-refractivity contribution in [2.75, 3.05) is 19.7 Å². The quantitative estimate of drug-likeness (QED) is 0.908. The molecule has 1 heterocycles. The van der Waals surface area contributed by atoms with Crippen molar-refractivity contribution in [3.8, 4) is 0 Å². The highest BCUT2D eigenvalue weighted by Crippen LogP contribution is 2.31. The number of piperidine rings is 1. The van der Waals surface area contributed by atoms with Gasteiger partial charge in [-0.3, -0.25) is 0 Å². The van der Waals surface area contributed by atoms with Crippen molar-refractivity contribution in [1.82, 2.24) is 4.31 Å². The first-order chi connectivity index (χ1) is 9.85. The molecule has 0 bridgehead atoms. The number of benzene rings is 1. The summed E-state index contributed by atoms with van der Waals surface area (Å²) in [5.41, 5.74) is 1.11. The highest BCUT2D eigenvalue weighted by Gasteiger charge is 2.33. The Hall–Kier alpha value is -0.910. The topological polar surface area (TPSA) is 57.6 Å². The average molecular weight is 311 g/mol. The minimum Gasteiger partial charge on any atom is -0.396 e. The molecule has 0 aromatic heterocycles. The lowest BCUT2D eigenvalue weighted by molar-refractivity contribution is 0.187. The standard InChI is InChI=1S/C16H25NO3S/c1-16(2)10-4-11-17(13-16)21(19,20)15-8-6-14(7-9-15)5-3-12-18/h6-9,18H,3-5,10-13H2,1-2H3. The van der Waals surface area contributed by atoms with Crippen LogP contribution in [0.2, 0.25) is 0 Å². The molecule has 0 spiro atoms. The van der Waals surface area contributed by atoms with E-state index in [-0.39, 0.29) is 12.0 Å². The van der Waals surface area contributed by atoms with E-state index < -0.39 is 10.0 Å². The largest absolute Gasteiger partial charge is 0.396 e. The van der Waals surface area contributed by atoms with E-state index in [0.717, 1.165) is 24.8 Å². The summed E-state index contributed by atoms with van der Waals surface area (Å²) < 4.78 is 27.0. The number of aliphatic hydroxyl groups excluding tert-OH is 1. The zero-order valence-electron chi connectivity index (χ0n) is 12.9. The lowest BCUT2D eigenvalue weighted by Gasteiger charge is -2.37. The van der Waals surface area contributed by atoms with Gasteiger partial charge in [0.25, 0.3) is 0 Å². The van der Waals surface area contributed by atoms with Gasteiger partial charge in [-0.1, -0.05) is 26.0 Å². The molecule has 1 saturated heterocycles. The van der Waals surface area contributed by atoms with E-state index in [2.05, 4.69) is 13.8 Å². The predicted molar refractivity (Wildman–Crippen MR) is 83.6 cm³/mol. The zero-order valence-corrected chi connectivity index (χ0v) is 13.7. The molecule has 1 aliphatic rings. The molecule has 1 N–H and O–H groups in total. The first-order valence-corrected chi connectivity index (χ1v) is 8.99. The van der Waals surface area contributed by atoms with Crippen LogP contribution in [0.4, 0.5) is 0 Å². The van der Waals surface area contributed by atoms with Gasteiger partial charge in [0.2, 0.25) is 10.0 Å². The third-order valence-corrected chi connectivity index (χ3v) is 5.91. The van der Waals surface area contributed by atoms with Crippen LogP contribution in [0.1, 0.15) is 38.7 Å². The third kappa shape index (κ3) is 4.05. The molecule has 0 unspecified atom stereocenters. The number of rotatable bonds is 5. The van der Waals surface area contributed by atoms with Gasteiger partial charge in [0.15, 0.2) is 0 Å². The van der Waals surface area contributed by atoms with Crippen LogP contribution in [0, 0.1) is 5.41 Å². The monoisotopic (exact) mass is 311 g/mol. The third-order valence-electron chi connectivity index (χ3n) is 4.05. The van der Waals surface area contributed by atoms with Crippen LogP contribution in [-0.2, 0) is 16.4 Å². The van der Waals surface area contributed by atoms with Gasteiger partial charge in [-0.25, -0.2) is 8.42 Å². The summed E-state index contributed by atoms with van der Waals surface area (Å²) in [6.07, 6.45) is 3.46. The maximum atomic E-state index is 12.7. The summed E-state index contributed by atoms with van der Waals surface area (Å²) in [6, 6.07) is 7.06. The first kappa shape index (κ1) is 16.5. The molecule has 5 heteroatoms. The van der Waals surface area contributed by atoms with Crippen LogP contribution < -0.4 is 0 Å². The summed E-state index contributed by atoms with van der Waals surface area (Å²) in [5.74, 6) is 0. The predicted octanol–water partition coefficient (Wildman–Crippen LogP) is 2.42. The molecule has 0 atom stereocenters. The first-order valence-electron chi connectivity index (χ1n) is 7.55. The van der Waals surface area contributed by atoms with Crippen molar-refractivity contribution in [2.45, 2.75) is 44.4 Å². The Bertz CT molecular complexity index is 564. The molecule has 0 amide bonds. The fourth-order valence-electron chi connectivity index (χ4n) is 2.83. The smallest absolute Gasteiger partial charge is 0.243 e. The van der Waals surface area contributed by atoms with Gasteiger partial charge in [-0.15, -0.1) is 0 Å². The van der Waals surface area contributed by atoms with E-state index in [0.29, 0.717) is 24.4 Å². The Balaban J connectivity index is 2.15. The molecule has 0 saturated carbocycles. The van der Waals surface area contributed by atoms with Gasteiger partial charge in [0.05, 0.1) is 4.90 Å². The molecule has 0 radical (unpaired) electrons. The van der Waals surface area contributed by atoms with Gasteiger partial charge in [0, 0.05) is 19.7 Å². The molecule has 1 aliphatic heterocycles. The SMILES string of the molecule is CC1(C)CCCN(S(=O)(=O)c2ccc(CCCO)cc2)C1. The van der Waals surface area contributed by atoms with Crippen molar-refractivity contribution in [1.29, 1.82) is 0 Å². The van der Waals surface area contributed by atoms with E-state index in [4.69, 9.17) is 5.11 Å². The van der Waals surface area contributed by atoms with Gasteiger partial charge < -0.3 is 5.11 Å². The minimum atomic E-state index is -3.39. The number of sulfonamides is 1. The second kappa shape index (κ2) is 6.46. The fourth-order valence-corrected chi connectivity index (χ4v) is 4.50. The van der Waals surface area contributed by atoms with Gasteiger partial charge in [-0.2, -0.15) is 4.31 Å². The maximum absolute atomic E-state index is 12.7. The van der Waals surface area contributed by atoms with E-state index in [1.807, 2.05) is 12.1 Å². The Morgan fingerprint density at radius 3 is 2.48 bits per heavy atom. The Kier molecular flexibility index (Phi) is 5.07. The Labute approximate surface area is 127 Å². The highest BCUT2D eigenvalue weighted by molar-refractivity contribution is 7.89. The number of hydrogen-bond acceptors (Lipinski definition) is 3. The molecular formula is C16H25NO3S. The molecule has 118 valence electrons. The zero-order chi connectivity index (χ0) is 15.5. The number of aliphatic hydroxyl groups is 1. The molecule has 0 aliphatic carbocycles. The summed E-state index contributed by atoms with van der Waals surface area (Å²) in [7, 11) is -3.39.